The molecule has 0 bridgehead atoms. The van der Waals surface area contributed by atoms with Crippen molar-refractivity contribution in [3.63, 3.8) is 0 Å². The van der Waals surface area contributed by atoms with E-state index in [4.69, 9.17) is 5.73 Å². The van der Waals surface area contributed by atoms with Crippen LogP contribution in [-0.4, -0.2) is 18.5 Å². The zero-order valence-electron chi connectivity index (χ0n) is 7.66. The minimum atomic E-state index is -0.658. The number of nitrogens with one attached hydrogen (secondary N) is 1. The molecule has 5 nitrogen and oxygen atoms in total. The second-order valence-corrected chi connectivity index (χ2v) is 3.10. The first-order chi connectivity index (χ1) is 7.09. The van der Waals surface area contributed by atoms with Gasteiger partial charge in [-0.2, -0.15) is 0 Å². The molecule has 1 aliphatic rings. The molecule has 0 spiro atoms. The van der Waals surface area contributed by atoms with Gasteiger partial charge < -0.3 is 11.1 Å². The van der Waals surface area contributed by atoms with Crippen LogP contribution in [0.4, 0.5) is 20.6 Å². The number of nitrogens with two attached hydrogens (primary N) is 1. The van der Waals surface area contributed by atoms with Gasteiger partial charge in [-0.15, -0.1) is 0 Å². The first-order valence-corrected chi connectivity index (χ1v) is 4.25. The summed E-state index contributed by atoms with van der Waals surface area (Å²) in [6, 6.07) is 3.09. The molecule has 0 radical (unpaired) electrons. The molecule has 0 saturated carbocycles. The topological polar surface area (TPSA) is 75.4 Å². The van der Waals surface area contributed by atoms with E-state index in [0.29, 0.717) is 5.69 Å². The number of hydrogen-bond acceptors (Lipinski definition) is 3. The molecule has 15 heavy (non-hydrogen) atoms. The summed E-state index contributed by atoms with van der Waals surface area (Å²) in [6.45, 7) is -0.118. The highest BCUT2D eigenvalue weighted by Crippen LogP contribution is 2.23. The Hall–Kier alpha value is -2.11. The molecule has 0 unspecified atom stereocenters. The molecule has 3 amide bonds. The molecule has 78 valence electrons. The number of benzene rings is 1. The fourth-order valence-corrected chi connectivity index (χ4v) is 1.37. The van der Waals surface area contributed by atoms with Crippen LogP contribution in [-0.2, 0) is 4.79 Å². The average Bonchev–Trinajstić information content (AvgIpc) is 2.51. The molecule has 6 heteroatoms. The quantitative estimate of drug-likeness (QED) is 0.521. The number of imide groups is 1. The van der Waals surface area contributed by atoms with Crippen LogP contribution in [0.5, 0.6) is 0 Å². The summed E-state index contributed by atoms with van der Waals surface area (Å²) in [5.74, 6) is -1.15. The number of nitrogens with zero attached hydrogens (tertiary/aromatic N) is 1. The van der Waals surface area contributed by atoms with Gasteiger partial charge in [0.1, 0.15) is 5.82 Å². The molecule has 3 N–H and O–H groups in total. The van der Waals surface area contributed by atoms with Crippen LogP contribution in [0.15, 0.2) is 18.2 Å². The normalized spacial score (nSPS) is 15.7. The van der Waals surface area contributed by atoms with E-state index in [2.05, 4.69) is 5.32 Å². The molecule has 1 aromatic rings. The van der Waals surface area contributed by atoms with Gasteiger partial charge in [0, 0.05) is 5.69 Å². The molecule has 1 aliphatic heterocycles. The van der Waals surface area contributed by atoms with Crippen LogP contribution < -0.4 is 16.0 Å². The SMILES string of the molecule is Nc1ccc(F)c(N2C(=O)CNC2=O)c1. The minimum Gasteiger partial charge on any atom is -0.399 e. The van der Waals surface area contributed by atoms with Crippen LogP contribution >= 0.6 is 0 Å². The molecule has 2 rings (SSSR count). The molecule has 0 aliphatic carbocycles. The van der Waals surface area contributed by atoms with Crippen molar-refractivity contribution in [1.29, 1.82) is 0 Å². The van der Waals surface area contributed by atoms with E-state index in [9.17, 15) is 14.0 Å². The van der Waals surface area contributed by atoms with Crippen LogP contribution in [0.25, 0.3) is 0 Å². The summed E-state index contributed by atoms with van der Waals surface area (Å²) in [5.41, 5.74) is 5.62. The summed E-state index contributed by atoms with van der Waals surface area (Å²) in [7, 11) is 0. The van der Waals surface area contributed by atoms with Crippen molar-refractivity contribution >= 4 is 23.3 Å². The number of urea groups is 1. The fraction of sp³-hybridized carbons (Fsp3) is 0.111. The minimum absolute atomic E-state index is 0.116. The number of carbonyl (C=O) groups excluding carboxylic acids is 2. The van der Waals surface area contributed by atoms with Gasteiger partial charge >= 0.3 is 6.03 Å². The van der Waals surface area contributed by atoms with Gasteiger partial charge in [0.05, 0.1) is 12.2 Å². The van der Waals surface area contributed by atoms with Crippen molar-refractivity contribution in [3.05, 3.63) is 24.0 Å². The molecule has 1 saturated heterocycles. The molecular weight excluding hydrogens is 201 g/mol. The first kappa shape index (κ1) is 9.45. The second kappa shape index (κ2) is 3.23. The van der Waals surface area contributed by atoms with Gasteiger partial charge in [-0.25, -0.2) is 14.1 Å². The van der Waals surface area contributed by atoms with E-state index < -0.39 is 17.8 Å². The van der Waals surface area contributed by atoms with Crippen LogP contribution in [0.2, 0.25) is 0 Å². The van der Waals surface area contributed by atoms with Gasteiger partial charge in [-0.05, 0) is 18.2 Å². The summed E-state index contributed by atoms with van der Waals surface area (Å²) in [6.07, 6.45) is 0. The summed E-state index contributed by atoms with van der Waals surface area (Å²) < 4.78 is 13.3. The highest BCUT2D eigenvalue weighted by Gasteiger charge is 2.31. The number of anilines is 2. The largest absolute Gasteiger partial charge is 0.399 e. The van der Waals surface area contributed by atoms with Crippen LogP contribution in [0.1, 0.15) is 0 Å². The Bertz CT molecular complexity index is 431. The molecule has 1 aromatic carbocycles. The van der Waals surface area contributed by atoms with Gasteiger partial charge in [-0.1, -0.05) is 0 Å². The number of halogens is 1. The van der Waals surface area contributed by atoms with Crippen molar-refractivity contribution in [3.8, 4) is 0 Å². The number of nitrogen functional groups attached to an aromatic ring is 1. The molecule has 0 aromatic heterocycles. The summed E-state index contributed by atoms with van der Waals surface area (Å²) in [5, 5.41) is 2.29. The maximum absolute atomic E-state index is 13.3. The van der Waals surface area contributed by atoms with Crippen molar-refractivity contribution < 1.29 is 14.0 Å². The van der Waals surface area contributed by atoms with E-state index in [1.165, 1.54) is 12.1 Å². The van der Waals surface area contributed by atoms with Crippen molar-refractivity contribution in [2.24, 2.45) is 0 Å². The number of amides is 3. The standard InChI is InChI=1S/C9H8FN3O2/c10-6-2-1-5(11)3-7(6)13-8(14)4-12-9(13)15/h1-3H,4,11H2,(H,12,15). The zero-order valence-corrected chi connectivity index (χ0v) is 7.66. The Morgan fingerprint density at radius 2 is 2.13 bits per heavy atom. The maximum Gasteiger partial charge on any atom is 0.329 e. The van der Waals surface area contributed by atoms with E-state index in [1.54, 1.807) is 0 Å². The van der Waals surface area contributed by atoms with E-state index >= 15 is 0 Å². The van der Waals surface area contributed by atoms with E-state index in [0.717, 1.165) is 11.0 Å². The Morgan fingerprint density at radius 3 is 2.73 bits per heavy atom. The van der Waals surface area contributed by atoms with Gasteiger partial charge in [0.15, 0.2) is 0 Å². The number of rotatable bonds is 1. The van der Waals surface area contributed by atoms with Gasteiger partial charge in [0.2, 0.25) is 0 Å². The van der Waals surface area contributed by atoms with Gasteiger partial charge in [-0.3, -0.25) is 4.79 Å². The molecular formula is C9H8FN3O2. The van der Waals surface area contributed by atoms with E-state index in [-0.39, 0.29) is 12.2 Å². The number of hydrogen-bond donors (Lipinski definition) is 2. The highest BCUT2D eigenvalue weighted by molar-refractivity contribution is 6.20. The smallest absolute Gasteiger partial charge is 0.329 e. The lowest BCUT2D eigenvalue weighted by Crippen LogP contribution is -2.31. The molecule has 1 fully saturated rings. The average molecular weight is 209 g/mol. The number of carbonyl (C=O) groups is 2. The van der Waals surface area contributed by atoms with E-state index in [1.807, 2.05) is 0 Å². The lowest BCUT2D eigenvalue weighted by Gasteiger charge is -2.13. The van der Waals surface area contributed by atoms with Crippen molar-refractivity contribution in [1.82, 2.24) is 5.32 Å². The Morgan fingerprint density at radius 1 is 1.40 bits per heavy atom. The predicted molar refractivity (Wildman–Crippen MR) is 51.7 cm³/mol. The maximum atomic E-state index is 13.3. The predicted octanol–water partition coefficient (Wildman–Crippen LogP) is 0.464. The fourth-order valence-electron chi connectivity index (χ4n) is 1.37. The van der Waals surface area contributed by atoms with Crippen molar-refractivity contribution in [2.75, 3.05) is 17.2 Å². The Balaban J connectivity index is 2.48. The molecule has 0 atom stereocenters. The third-order valence-corrected chi connectivity index (χ3v) is 2.05. The Labute approximate surface area is 84.7 Å². The molecule has 1 heterocycles. The highest BCUT2D eigenvalue weighted by atomic mass is 19.1. The summed E-state index contributed by atoms with van der Waals surface area (Å²) >= 11 is 0. The Kier molecular flexibility index (Phi) is 2.03. The third kappa shape index (κ3) is 1.50. The van der Waals surface area contributed by atoms with Crippen LogP contribution in [0.3, 0.4) is 0 Å². The van der Waals surface area contributed by atoms with Crippen molar-refractivity contribution in [2.45, 2.75) is 0 Å². The summed E-state index contributed by atoms with van der Waals surface area (Å²) in [4.78, 5) is 23.3. The second-order valence-electron chi connectivity index (χ2n) is 3.10. The van der Waals surface area contributed by atoms with Gasteiger partial charge in [0.25, 0.3) is 5.91 Å². The lowest BCUT2D eigenvalue weighted by atomic mass is 10.2. The zero-order chi connectivity index (χ0) is 11.0. The third-order valence-electron chi connectivity index (χ3n) is 2.05. The monoisotopic (exact) mass is 209 g/mol. The van der Waals surface area contributed by atoms with Crippen LogP contribution in [0, 0.1) is 5.82 Å². The first-order valence-electron chi connectivity index (χ1n) is 4.25. The lowest BCUT2D eigenvalue weighted by molar-refractivity contribution is -0.115.